The van der Waals surface area contributed by atoms with Gasteiger partial charge in [0.2, 0.25) is 5.91 Å². The van der Waals surface area contributed by atoms with Gasteiger partial charge in [0, 0.05) is 23.6 Å². The Labute approximate surface area is 144 Å². The van der Waals surface area contributed by atoms with Crippen molar-refractivity contribution >= 4 is 11.9 Å². The van der Waals surface area contributed by atoms with Gasteiger partial charge in [0.15, 0.2) is 11.6 Å². The summed E-state index contributed by atoms with van der Waals surface area (Å²) < 4.78 is 26.6. The molecule has 0 aromatic heterocycles. The van der Waals surface area contributed by atoms with Crippen molar-refractivity contribution in [1.82, 2.24) is 4.90 Å². The van der Waals surface area contributed by atoms with Crippen LogP contribution in [-0.4, -0.2) is 21.9 Å². The van der Waals surface area contributed by atoms with Crippen LogP contribution < -0.4 is 0 Å². The average molecular weight is 347 g/mol. The molecule has 1 aliphatic carbocycles. The van der Waals surface area contributed by atoms with Crippen molar-refractivity contribution in [3.8, 4) is 0 Å². The molecule has 1 unspecified atom stereocenters. The molecule has 1 atom stereocenters. The summed E-state index contributed by atoms with van der Waals surface area (Å²) in [4.78, 5) is 25.0. The maximum absolute atomic E-state index is 13.5. The number of allylic oxidation sites excluding steroid dienone is 3. The number of benzene rings is 1. The molecule has 0 radical (unpaired) electrons. The molecule has 1 heterocycles. The Balaban J connectivity index is 2.00. The lowest BCUT2D eigenvalue weighted by Crippen LogP contribution is -2.28. The molecule has 0 spiro atoms. The van der Waals surface area contributed by atoms with Crippen LogP contribution in [0.5, 0.6) is 0 Å². The molecule has 1 aromatic carbocycles. The van der Waals surface area contributed by atoms with E-state index >= 15 is 0 Å². The van der Waals surface area contributed by atoms with Crippen molar-refractivity contribution in [2.75, 3.05) is 0 Å². The van der Waals surface area contributed by atoms with E-state index in [-0.39, 0.29) is 17.9 Å². The van der Waals surface area contributed by atoms with Gasteiger partial charge in [-0.25, -0.2) is 13.6 Å². The van der Waals surface area contributed by atoms with Gasteiger partial charge in [-0.1, -0.05) is 19.1 Å². The Bertz CT molecular complexity index is 800. The second-order valence-corrected chi connectivity index (χ2v) is 6.86. The van der Waals surface area contributed by atoms with E-state index in [0.717, 1.165) is 42.3 Å². The molecule has 0 bridgehead atoms. The first kappa shape index (κ1) is 17.3. The van der Waals surface area contributed by atoms with E-state index < -0.39 is 17.6 Å². The van der Waals surface area contributed by atoms with E-state index in [0.29, 0.717) is 18.4 Å². The Hall–Kier alpha value is -2.50. The van der Waals surface area contributed by atoms with Crippen LogP contribution in [0.1, 0.15) is 38.2 Å². The zero-order valence-electron chi connectivity index (χ0n) is 13.9. The number of likely N-dealkylation sites (tertiary alicyclic amines) is 1. The molecular weight excluding hydrogens is 328 g/mol. The molecule has 6 heteroatoms. The number of carboxylic acids is 1. The zero-order chi connectivity index (χ0) is 18.2. The molecular formula is C19H19F2NO3. The predicted octanol–water partition coefficient (Wildman–Crippen LogP) is 3.78. The summed E-state index contributed by atoms with van der Waals surface area (Å²) in [5.74, 6) is -3.00. The SMILES string of the molecule is CC12CCCC(/C=C/C(=O)O)=C1N(Cc1ccc(F)c(F)c1)C(=O)C2. The molecule has 1 amide bonds. The fraction of sp³-hybridized carbons (Fsp3) is 0.368. The Kier molecular flexibility index (Phi) is 4.45. The molecule has 132 valence electrons. The number of carboxylic acid groups (broad SMARTS) is 1. The van der Waals surface area contributed by atoms with Crippen LogP contribution in [-0.2, 0) is 16.1 Å². The van der Waals surface area contributed by atoms with E-state index in [1.807, 2.05) is 6.92 Å². The minimum absolute atomic E-state index is 0.0784. The largest absolute Gasteiger partial charge is 0.478 e. The minimum Gasteiger partial charge on any atom is -0.478 e. The van der Waals surface area contributed by atoms with E-state index in [9.17, 15) is 18.4 Å². The highest BCUT2D eigenvalue weighted by molar-refractivity contribution is 5.84. The number of rotatable bonds is 4. The van der Waals surface area contributed by atoms with Gasteiger partial charge in [-0.2, -0.15) is 0 Å². The summed E-state index contributed by atoms with van der Waals surface area (Å²) in [6, 6.07) is 3.59. The van der Waals surface area contributed by atoms with Crippen LogP contribution in [0.25, 0.3) is 0 Å². The molecule has 2 aliphatic rings. The predicted molar refractivity (Wildman–Crippen MR) is 87.3 cm³/mol. The fourth-order valence-corrected chi connectivity index (χ4v) is 3.84. The van der Waals surface area contributed by atoms with E-state index in [1.165, 1.54) is 6.07 Å². The maximum Gasteiger partial charge on any atom is 0.328 e. The standard InChI is InChI=1S/C19H19F2NO3/c1-19-8-2-3-13(5-7-17(24)25)18(19)22(16(23)10-19)11-12-4-6-14(20)15(21)9-12/h4-7,9H,2-3,8,10-11H2,1H3,(H,24,25)/b7-5+. The lowest BCUT2D eigenvalue weighted by molar-refractivity contribution is -0.131. The van der Waals surface area contributed by atoms with Crippen LogP contribution in [0.15, 0.2) is 41.6 Å². The quantitative estimate of drug-likeness (QED) is 0.843. The first-order chi connectivity index (χ1) is 11.8. The highest BCUT2D eigenvalue weighted by Gasteiger charge is 2.46. The third-order valence-electron chi connectivity index (χ3n) is 4.91. The molecule has 4 nitrogen and oxygen atoms in total. The number of fused-ring (bicyclic) bond motifs is 1. The van der Waals surface area contributed by atoms with Gasteiger partial charge in [0.25, 0.3) is 0 Å². The highest BCUT2D eigenvalue weighted by atomic mass is 19.2. The highest BCUT2D eigenvalue weighted by Crippen LogP contribution is 2.50. The molecule has 1 fully saturated rings. The number of nitrogens with zero attached hydrogens (tertiary/aromatic N) is 1. The average Bonchev–Trinajstić information content (AvgIpc) is 2.79. The van der Waals surface area contributed by atoms with Gasteiger partial charge in [0.1, 0.15) is 0 Å². The number of aliphatic carboxylic acids is 1. The lowest BCUT2D eigenvalue weighted by Gasteiger charge is -2.34. The van der Waals surface area contributed by atoms with Crippen molar-refractivity contribution in [1.29, 1.82) is 0 Å². The Morgan fingerprint density at radius 2 is 2.12 bits per heavy atom. The van der Waals surface area contributed by atoms with Gasteiger partial charge >= 0.3 is 5.97 Å². The van der Waals surface area contributed by atoms with Crippen LogP contribution in [0.4, 0.5) is 8.78 Å². The lowest BCUT2D eigenvalue weighted by atomic mass is 9.74. The topological polar surface area (TPSA) is 57.6 Å². The minimum atomic E-state index is -1.04. The van der Waals surface area contributed by atoms with Crippen molar-refractivity contribution in [3.05, 3.63) is 58.8 Å². The summed E-state index contributed by atoms with van der Waals surface area (Å²) in [6.45, 7) is 2.14. The number of halogens is 2. The van der Waals surface area contributed by atoms with Crippen molar-refractivity contribution in [2.24, 2.45) is 5.41 Å². The van der Waals surface area contributed by atoms with Gasteiger partial charge in [0.05, 0.1) is 6.54 Å². The second-order valence-electron chi connectivity index (χ2n) is 6.86. The number of amides is 1. The summed E-state index contributed by atoms with van der Waals surface area (Å²) >= 11 is 0. The summed E-state index contributed by atoms with van der Waals surface area (Å²) in [6.07, 6.45) is 5.38. The van der Waals surface area contributed by atoms with E-state index in [1.54, 1.807) is 11.0 Å². The first-order valence-electron chi connectivity index (χ1n) is 8.19. The smallest absolute Gasteiger partial charge is 0.328 e. The van der Waals surface area contributed by atoms with Gasteiger partial charge in [-0.3, -0.25) is 4.79 Å². The van der Waals surface area contributed by atoms with Crippen LogP contribution >= 0.6 is 0 Å². The summed E-state index contributed by atoms with van der Waals surface area (Å²) in [5, 5.41) is 8.89. The molecule has 1 aromatic rings. The first-order valence-corrected chi connectivity index (χ1v) is 8.19. The third-order valence-corrected chi connectivity index (χ3v) is 4.91. The van der Waals surface area contributed by atoms with Crippen molar-refractivity contribution in [3.63, 3.8) is 0 Å². The van der Waals surface area contributed by atoms with Crippen LogP contribution in [0, 0.1) is 17.0 Å². The molecule has 3 rings (SSSR count). The normalized spacial score (nSPS) is 23.5. The molecule has 1 N–H and O–H groups in total. The van der Waals surface area contributed by atoms with Gasteiger partial charge in [-0.15, -0.1) is 0 Å². The maximum atomic E-state index is 13.5. The van der Waals surface area contributed by atoms with Crippen LogP contribution in [0.2, 0.25) is 0 Å². The molecule has 1 saturated heterocycles. The van der Waals surface area contributed by atoms with Crippen molar-refractivity contribution < 1.29 is 23.5 Å². The van der Waals surface area contributed by atoms with Crippen LogP contribution in [0.3, 0.4) is 0 Å². The molecule has 25 heavy (non-hydrogen) atoms. The van der Waals surface area contributed by atoms with Gasteiger partial charge in [-0.05, 0) is 42.5 Å². The summed E-state index contributed by atoms with van der Waals surface area (Å²) in [5.41, 5.74) is 1.79. The summed E-state index contributed by atoms with van der Waals surface area (Å²) in [7, 11) is 0. The molecule has 0 saturated carbocycles. The molecule has 1 aliphatic heterocycles. The second kappa shape index (κ2) is 6.43. The number of hydrogen-bond donors (Lipinski definition) is 1. The zero-order valence-corrected chi connectivity index (χ0v) is 13.9. The Morgan fingerprint density at radius 3 is 2.80 bits per heavy atom. The monoisotopic (exact) mass is 347 g/mol. The van der Waals surface area contributed by atoms with Gasteiger partial charge < -0.3 is 10.0 Å². The van der Waals surface area contributed by atoms with Crippen molar-refractivity contribution in [2.45, 2.75) is 39.2 Å². The number of hydrogen-bond acceptors (Lipinski definition) is 2. The number of carbonyl (C=O) groups excluding carboxylic acids is 1. The third kappa shape index (κ3) is 3.34. The fourth-order valence-electron chi connectivity index (χ4n) is 3.84. The number of carbonyl (C=O) groups is 2. The Morgan fingerprint density at radius 1 is 1.36 bits per heavy atom. The van der Waals surface area contributed by atoms with E-state index in [2.05, 4.69) is 0 Å². The van der Waals surface area contributed by atoms with E-state index in [4.69, 9.17) is 5.11 Å².